The molecule has 0 aromatic heterocycles. The van der Waals surface area contributed by atoms with Crippen LogP contribution in [-0.2, 0) is 20.9 Å². The van der Waals surface area contributed by atoms with Crippen molar-refractivity contribution in [3.8, 4) is 0 Å². The Bertz CT molecular complexity index is 576. The predicted octanol–water partition coefficient (Wildman–Crippen LogP) is 2.60. The minimum Gasteiger partial charge on any atom is -0.363 e. The molecule has 0 radical (unpaired) electrons. The first-order chi connectivity index (χ1) is 12.0. The molecule has 25 heavy (non-hydrogen) atoms. The van der Waals surface area contributed by atoms with Gasteiger partial charge in [0, 0.05) is 20.0 Å². The zero-order chi connectivity index (χ0) is 18.4. The second kappa shape index (κ2) is 8.99. The third-order valence-electron chi connectivity index (χ3n) is 5.14. The van der Waals surface area contributed by atoms with Crippen LogP contribution in [0.5, 0.6) is 0 Å². The molecule has 1 aromatic carbocycles. The summed E-state index contributed by atoms with van der Waals surface area (Å²) in [6.07, 6.45) is 0.449. The fourth-order valence-electron chi connectivity index (χ4n) is 3.51. The number of piperidine rings is 1. The van der Waals surface area contributed by atoms with E-state index in [4.69, 9.17) is 4.74 Å². The molecule has 0 bridgehead atoms. The molecule has 1 N–H and O–H groups in total. The van der Waals surface area contributed by atoms with Crippen LogP contribution < -0.4 is 5.32 Å². The van der Waals surface area contributed by atoms with Gasteiger partial charge in [0.15, 0.2) is 0 Å². The molecule has 1 aromatic rings. The summed E-state index contributed by atoms with van der Waals surface area (Å²) < 4.78 is 6.04. The number of carbonyl (C=O) groups is 2. The quantitative estimate of drug-likeness (QED) is 0.826. The van der Waals surface area contributed by atoms with Gasteiger partial charge in [-0.1, -0.05) is 51.1 Å². The number of nitrogens with zero attached hydrogens (tertiary/aromatic N) is 1. The molecule has 1 saturated heterocycles. The lowest BCUT2D eigenvalue weighted by atomic mass is 9.79. The highest BCUT2D eigenvalue weighted by atomic mass is 16.5. The third-order valence-corrected chi connectivity index (χ3v) is 5.14. The number of nitrogens with one attached hydrogen (secondary N) is 1. The number of hydrogen-bond acceptors (Lipinski definition) is 3. The molecular formula is C20H30N2O3. The summed E-state index contributed by atoms with van der Waals surface area (Å²) in [6, 6.07) is 9.94. The summed E-state index contributed by atoms with van der Waals surface area (Å²) >= 11 is 0. The van der Waals surface area contributed by atoms with Crippen molar-refractivity contribution in [1.82, 2.24) is 10.2 Å². The van der Waals surface area contributed by atoms with Crippen molar-refractivity contribution in [3.63, 3.8) is 0 Å². The van der Waals surface area contributed by atoms with Crippen LogP contribution in [-0.4, -0.2) is 41.9 Å². The first-order valence-corrected chi connectivity index (χ1v) is 9.16. The molecule has 5 heteroatoms. The normalized spacial score (nSPS) is 26.6. The fourth-order valence-corrected chi connectivity index (χ4v) is 3.51. The molecule has 0 saturated carbocycles. The summed E-state index contributed by atoms with van der Waals surface area (Å²) in [5.41, 5.74) is 1.07. The van der Waals surface area contributed by atoms with E-state index in [0.717, 1.165) is 12.0 Å². The lowest BCUT2D eigenvalue weighted by molar-refractivity contribution is -0.163. The number of likely N-dealkylation sites (tertiary alicyclic amines) is 1. The summed E-state index contributed by atoms with van der Waals surface area (Å²) in [6.45, 7) is 9.40. The van der Waals surface area contributed by atoms with E-state index in [9.17, 15) is 9.59 Å². The summed E-state index contributed by atoms with van der Waals surface area (Å²) in [5.74, 6) is 0.324. The van der Waals surface area contributed by atoms with E-state index in [-0.39, 0.29) is 29.7 Å². The molecule has 138 valence electrons. The lowest BCUT2D eigenvalue weighted by Crippen LogP contribution is -2.61. The highest BCUT2D eigenvalue weighted by Crippen LogP contribution is 2.32. The maximum absolute atomic E-state index is 13.0. The maximum atomic E-state index is 13.0. The zero-order valence-corrected chi connectivity index (χ0v) is 15.7. The van der Waals surface area contributed by atoms with Gasteiger partial charge in [-0.25, -0.2) is 0 Å². The van der Waals surface area contributed by atoms with Crippen LogP contribution >= 0.6 is 0 Å². The molecule has 5 nitrogen and oxygen atoms in total. The fraction of sp³-hybridized carbons (Fsp3) is 0.600. The number of hydrogen-bond donors (Lipinski definition) is 1. The average Bonchev–Trinajstić information content (AvgIpc) is 2.60. The number of carbonyl (C=O) groups excluding carboxylic acids is 2. The number of ether oxygens (including phenoxy) is 1. The van der Waals surface area contributed by atoms with Crippen LogP contribution in [0.4, 0.5) is 0 Å². The van der Waals surface area contributed by atoms with Gasteiger partial charge in [0.2, 0.25) is 5.91 Å². The van der Waals surface area contributed by atoms with Crippen molar-refractivity contribution >= 4 is 11.8 Å². The van der Waals surface area contributed by atoms with E-state index < -0.39 is 6.10 Å². The minimum atomic E-state index is -0.435. The van der Waals surface area contributed by atoms with Crippen LogP contribution in [0.2, 0.25) is 0 Å². The number of benzene rings is 1. The Kier molecular flexibility index (Phi) is 7.00. The van der Waals surface area contributed by atoms with Gasteiger partial charge >= 0.3 is 0 Å². The minimum absolute atomic E-state index is 0.0166. The standard InChI is InChI=1S/C20H30N2O3/c1-5-11-22-18(12-21-16(4)23)14(2)15(3)19(20(22)24)25-13-17-9-7-6-8-10-17/h6-10,14-15,18-19H,5,11-13H2,1-4H3,(H,21,23). The molecule has 0 spiro atoms. The van der Waals surface area contributed by atoms with E-state index in [1.807, 2.05) is 35.2 Å². The first kappa shape index (κ1) is 19.4. The van der Waals surface area contributed by atoms with E-state index in [1.165, 1.54) is 6.92 Å². The first-order valence-electron chi connectivity index (χ1n) is 9.16. The van der Waals surface area contributed by atoms with Gasteiger partial charge < -0.3 is 15.0 Å². The van der Waals surface area contributed by atoms with Gasteiger partial charge in [0.05, 0.1) is 12.6 Å². The van der Waals surface area contributed by atoms with Crippen molar-refractivity contribution < 1.29 is 14.3 Å². The topological polar surface area (TPSA) is 58.6 Å². The van der Waals surface area contributed by atoms with E-state index >= 15 is 0 Å². The molecule has 1 aliphatic rings. The molecule has 0 aliphatic carbocycles. The van der Waals surface area contributed by atoms with E-state index in [2.05, 4.69) is 26.1 Å². The molecule has 1 heterocycles. The number of amides is 2. The van der Waals surface area contributed by atoms with Crippen LogP contribution in [0.15, 0.2) is 30.3 Å². The van der Waals surface area contributed by atoms with Gasteiger partial charge in [0.1, 0.15) is 6.10 Å². The van der Waals surface area contributed by atoms with Crippen LogP contribution in [0.3, 0.4) is 0 Å². The SMILES string of the molecule is CCCN1C(=O)C(OCc2ccccc2)C(C)C(C)C1CNC(C)=O. The largest absolute Gasteiger partial charge is 0.363 e. The van der Waals surface area contributed by atoms with Crippen molar-refractivity contribution in [2.24, 2.45) is 11.8 Å². The third kappa shape index (κ3) is 4.82. The smallest absolute Gasteiger partial charge is 0.252 e. The summed E-state index contributed by atoms with van der Waals surface area (Å²) in [5, 5.41) is 2.87. The van der Waals surface area contributed by atoms with Gasteiger partial charge in [0.25, 0.3) is 5.91 Å². The van der Waals surface area contributed by atoms with Crippen LogP contribution in [0.25, 0.3) is 0 Å². The van der Waals surface area contributed by atoms with Crippen LogP contribution in [0, 0.1) is 11.8 Å². The summed E-state index contributed by atoms with van der Waals surface area (Å²) in [4.78, 5) is 26.2. The number of rotatable bonds is 7. The maximum Gasteiger partial charge on any atom is 0.252 e. The molecule has 1 aliphatic heterocycles. The Morgan fingerprint density at radius 2 is 1.88 bits per heavy atom. The Morgan fingerprint density at radius 3 is 2.48 bits per heavy atom. The molecule has 4 atom stereocenters. The van der Waals surface area contributed by atoms with Gasteiger partial charge in [-0.2, -0.15) is 0 Å². The lowest BCUT2D eigenvalue weighted by Gasteiger charge is -2.46. The van der Waals surface area contributed by atoms with Crippen LogP contribution in [0.1, 0.15) is 39.7 Å². The highest BCUT2D eigenvalue weighted by molar-refractivity contribution is 5.83. The average molecular weight is 346 g/mol. The summed E-state index contributed by atoms with van der Waals surface area (Å²) in [7, 11) is 0. The molecule has 2 rings (SSSR count). The van der Waals surface area contributed by atoms with Gasteiger partial charge in [-0.05, 0) is 23.8 Å². The molecule has 1 fully saturated rings. The highest BCUT2D eigenvalue weighted by Gasteiger charge is 2.44. The monoisotopic (exact) mass is 346 g/mol. The van der Waals surface area contributed by atoms with Gasteiger partial charge in [-0.15, -0.1) is 0 Å². The van der Waals surface area contributed by atoms with Crippen molar-refractivity contribution in [1.29, 1.82) is 0 Å². The van der Waals surface area contributed by atoms with Crippen molar-refractivity contribution in [2.45, 2.75) is 52.9 Å². The zero-order valence-electron chi connectivity index (χ0n) is 15.7. The Labute approximate surface area is 150 Å². The van der Waals surface area contributed by atoms with E-state index in [0.29, 0.717) is 19.7 Å². The molecular weight excluding hydrogens is 316 g/mol. The van der Waals surface area contributed by atoms with Gasteiger partial charge in [-0.3, -0.25) is 9.59 Å². The predicted molar refractivity (Wildman–Crippen MR) is 97.8 cm³/mol. The molecule has 2 amide bonds. The Hall–Kier alpha value is -1.88. The Morgan fingerprint density at radius 1 is 1.20 bits per heavy atom. The van der Waals surface area contributed by atoms with E-state index in [1.54, 1.807) is 0 Å². The van der Waals surface area contributed by atoms with Crippen molar-refractivity contribution in [2.75, 3.05) is 13.1 Å². The second-order valence-electron chi connectivity index (χ2n) is 6.97. The molecule has 4 unspecified atom stereocenters. The van der Waals surface area contributed by atoms with Crippen molar-refractivity contribution in [3.05, 3.63) is 35.9 Å². The Balaban J connectivity index is 2.11. The second-order valence-corrected chi connectivity index (χ2v) is 6.97.